The molecule has 1 aromatic rings. The molecule has 1 atom stereocenters. The van der Waals surface area contributed by atoms with Gasteiger partial charge in [0.05, 0.1) is 18.0 Å². The second kappa shape index (κ2) is 7.17. The van der Waals surface area contributed by atoms with Crippen LogP contribution in [-0.2, 0) is 11.9 Å². The molecule has 0 fully saturated rings. The monoisotopic (exact) mass is 269 g/mol. The van der Waals surface area contributed by atoms with Crippen molar-refractivity contribution in [2.45, 2.75) is 52.3 Å². The number of aryl methyl sites for hydroxylation is 1. The van der Waals surface area contributed by atoms with Crippen LogP contribution in [-0.4, -0.2) is 10.2 Å². The first kappa shape index (κ1) is 17.5. The van der Waals surface area contributed by atoms with Crippen molar-refractivity contribution >= 4 is 11.9 Å². The average molecular weight is 269 g/mol. The van der Waals surface area contributed by atoms with Crippen LogP contribution in [0.25, 0.3) is 0 Å². The van der Waals surface area contributed by atoms with Gasteiger partial charge in [0.25, 0.3) is 0 Å². The molecular formula is C15H27NOS. The van der Waals surface area contributed by atoms with Gasteiger partial charge in [-0.25, -0.2) is 0 Å². The highest BCUT2D eigenvalue weighted by molar-refractivity contribution is 7.77. The van der Waals surface area contributed by atoms with Crippen molar-refractivity contribution in [1.29, 1.82) is 0 Å². The summed E-state index contributed by atoms with van der Waals surface area (Å²) in [4.78, 5) is 0. The van der Waals surface area contributed by atoms with E-state index in [4.69, 9.17) is 0 Å². The van der Waals surface area contributed by atoms with E-state index < -0.39 is 0 Å². The van der Waals surface area contributed by atoms with Crippen LogP contribution < -0.4 is 4.72 Å². The molecule has 0 unspecified atom stereocenters. The molecule has 0 aliphatic heterocycles. The number of hydrogen-bond acceptors (Lipinski definition) is 2. The van der Waals surface area contributed by atoms with Crippen molar-refractivity contribution in [3.63, 3.8) is 0 Å². The molecule has 0 aliphatic rings. The number of rotatable bonds is 4. The van der Waals surface area contributed by atoms with Gasteiger partial charge in [0, 0.05) is 0 Å². The molecule has 1 aromatic carbocycles. The second-order valence-electron chi connectivity index (χ2n) is 6.05. The van der Waals surface area contributed by atoms with Crippen molar-refractivity contribution in [3.05, 3.63) is 35.4 Å². The van der Waals surface area contributed by atoms with E-state index in [0.717, 1.165) is 0 Å². The van der Waals surface area contributed by atoms with Crippen LogP contribution in [0, 0.1) is 12.8 Å². The smallest absolute Gasteiger partial charge is 0.136 e. The zero-order chi connectivity index (χ0) is 13.1. The van der Waals surface area contributed by atoms with Crippen LogP contribution in [0.2, 0.25) is 0 Å². The minimum atomic E-state index is 0. The van der Waals surface area contributed by atoms with E-state index in [1.807, 2.05) is 0 Å². The summed E-state index contributed by atoms with van der Waals surface area (Å²) in [6.07, 6.45) is 0. The Morgan fingerprint density at radius 3 is 2.22 bits per heavy atom. The van der Waals surface area contributed by atoms with Gasteiger partial charge in [0.15, 0.2) is 0 Å². The fourth-order valence-corrected chi connectivity index (χ4v) is 2.71. The van der Waals surface area contributed by atoms with Crippen LogP contribution in [0.3, 0.4) is 0 Å². The molecule has 3 heteroatoms. The van der Waals surface area contributed by atoms with E-state index >= 15 is 0 Å². The maximum absolute atomic E-state index is 3.67. The molecule has 0 spiro atoms. The van der Waals surface area contributed by atoms with E-state index in [-0.39, 0.29) is 5.48 Å². The SMILES string of the molecule is Cc1cccc([C@H](N[SH+]C(C)(C)C)C(C)C)c1.[OH-]. The third kappa shape index (κ3) is 5.89. The predicted octanol–water partition coefficient (Wildman–Crippen LogP) is 3.63. The number of nitrogens with one attached hydrogen (secondary N) is 1. The molecule has 2 nitrogen and oxygen atoms in total. The number of benzene rings is 1. The van der Waals surface area contributed by atoms with E-state index in [0.29, 0.717) is 16.7 Å². The molecule has 0 aromatic heterocycles. The highest BCUT2D eigenvalue weighted by Gasteiger charge is 2.25. The molecule has 1 rings (SSSR count). The summed E-state index contributed by atoms with van der Waals surface area (Å²) in [7, 11) is 0. The molecule has 0 aliphatic carbocycles. The van der Waals surface area contributed by atoms with E-state index in [1.54, 1.807) is 0 Å². The van der Waals surface area contributed by atoms with Gasteiger partial charge in [-0.3, -0.25) is 0 Å². The highest BCUT2D eigenvalue weighted by Crippen LogP contribution is 2.23. The van der Waals surface area contributed by atoms with Gasteiger partial charge >= 0.3 is 0 Å². The molecule has 18 heavy (non-hydrogen) atoms. The van der Waals surface area contributed by atoms with E-state index in [1.165, 1.54) is 23.1 Å². The van der Waals surface area contributed by atoms with Crippen LogP contribution >= 0.6 is 0 Å². The molecule has 104 valence electrons. The van der Waals surface area contributed by atoms with Gasteiger partial charge in [0.1, 0.15) is 4.75 Å². The van der Waals surface area contributed by atoms with Gasteiger partial charge in [-0.1, -0.05) is 43.7 Å². The lowest BCUT2D eigenvalue weighted by atomic mass is 9.96. The topological polar surface area (TPSA) is 42.0 Å². The Morgan fingerprint density at radius 1 is 1.17 bits per heavy atom. The molecule has 0 amide bonds. The second-order valence-corrected chi connectivity index (χ2v) is 7.87. The minimum Gasteiger partial charge on any atom is -0.870 e. The Labute approximate surface area is 116 Å². The third-order valence-electron chi connectivity index (χ3n) is 2.61. The largest absolute Gasteiger partial charge is 0.870 e. The molecule has 0 radical (unpaired) electrons. The fourth-order valence-electron chi connectivity index (χ4n) is 1.74. The fraction of sp³-hybridized carbons (Fsp3) is 0.600. The van der Waals surface area contributed by atoms with Crippen molar-refractivity contribution in [2.24, 2.45) is 5.92 Å². The zero-order valence-electron chi connectivity index (χ0n) is 12.4. The first-order valence-electron chi connectivity index (χ1n) is 6.33. The van der Waals surface area contributed by atoms with Crippen LogP contribution in [0.15, 0.2) is 24.3 Å². The van der Waals surface area contributed by atoms with Crippen molar-refractivity contribution in [2.75, 3.05) is 0 Å². The molecular weight excluding hydrogens is 242 g/mol. The molecule has 0 bridgehead atoms. The lowest BCUT2D eigenvalue weighted by molar-refractivity contribution is 0.483. The van der Waals surface area contributed by atoms with Gasteiger partial charge in [-0.2, -0.15) is 0 Å². The summed E-state index contributed by atoms with van der Waals surface area (Å²) in [6, 6.07) is 9.26. The Hall–Kier alpha value is -0.510. The Kier molecular flexibility index (Phi) is 6.97. The van der Waals surface area contributed by atoms with Crippen molar-refractivity contribution in [3.8, 4) is 0 Å². The van der Waals surface area contributed by atoms with Gasteiger partial charge in [0.2, 0.25) is 0 Å². The third-order valence-corrected chi connectivity index (χ3v) is 3.69. The number of thiol groups is 1. The first-order valence-corrected chi connectivity index (χ1v) is 7.23. The molecule has 2 N–H and O–H groups in total. The Balaban J connectivity index is 0.00000289. The Bertz CT molecular complexity index is 358. The van der Waals surface area contributed by atoms with Gasteiger partial charge in [-0.15, -0.1) is 4.72 Å². The maximum atomic E-state index is 3.67. The van der Waals surface area contributed by atoms with Gasteiger partial charge < -0.3 is 5.48 Å². The van der Waals surface area contributed by atoms with E-state index in [9.17, 15) is 0 Å². The lowest BCUT2D eigenvalue weighted by Crippen LogP contribution is -2.33. The van der Waals surface area contributed by atoms with Crippen LogP contribution in [0.5, 0.6) is 0 Å². The molecule has 0 heterocycles. The van der Waals surface area contributed by atoms with Gasteiger partial charge in [-0.05, 0) is 39.2 Å². The summed E-state index contributed by atoms with van der Waals surface area (Å²) < 4.78 is 3.98. The molecule has 0 saturated carbocycles. The van der Waals surface area contributed by atoms with Crippen molar-refractivity contribution < 1.29 is 5.48 Å². The van der Waals surface area contributed by atoms with Crippen LogP contribution in [0.4, 0.5) is 0 Å². The van der Waals surface area contributed by atoms with E-state index in [2.05, 4.69) is 70.5 Å². The minimum absolute atomic E-state index is 0. The lowest BCUT2D eigenvalue weighted by Gasteiger charge is -2.21. The first-order chi connectivity index (χ1) is 7.79. The summed E-state index contributed by atoms with van der Waals surface area (Å²) in [5.41, 5.74) is 2.74. The normalized spacial score (nSPS) is 13.3. The zero-order valence-corrected chi connectivity index (χ0v) is 13.3. The summed E-state index contributed by atoms with van der Waals surface area (Å²) in [5, 5.41) is 0. The summed E-state index contributed by atoms with van der Waals surface area (Å²) in [6.45, 7) is 13.5. The predicted molar refractivity (Wildman–Crippen MR) is 82.3 cm³/mol. The standard InChI is InChI=1S/C15H25NS.H2O/c1-11(2)14(16-17-15(4,5)6)13-9-7-8-12(3)10-13;/h7-11,14,16H,1-6H3;1H2/t14-;/m1./s1. The van der Waals surface area contributed by atoms with Crippen LogP contribution in [0.1, 0.15) is 51.8 Å². The highest BCUT2D eigenvalue weighted by atomic mass is 32.2. The summed E-state index contributed by atoms with van der Waals surface area (Å²) in [5.74, 6) is 0.603. The maximum Gasteiger partial charge on any atom is 0.136 e. The number of hydrogen-bond donors (Lipinski definition) is 1. The Morgan fingerprint density at radius 2 is 1.78 bits per heavy atom. The quantitative estimate of drug-likeness (QED) is 0.670. The van der Waals surface area contributed by atoms with Crippen molar-refractivity contribution in [1.82, 2.24) is 4.72 Å². The summed E-state index contributed by atoms with van der Waals surface area (Å²) >= 11 is 1.30. The average Bonchev–Trinajstić information content (AvgIpc) is 2.15. The molecule has 0 saturated heterocycles.